The van der Waals surface area contributed by atoms with Gasteiger partial charge >= 0.3 is 0 Å². The van der Waals surface area contributed by atoms with Crippen molar-refractivity contribution in [3.8, 4) is 0 Å². The molecule has 3 unspecified atom stereocenters. The highest BCUT2D eigenvalue weighted by Gasteiger charge is 2.23. The summed E-state index contributed by atoms with van der Waals surface area (Å²) in [7, 11) is 0. The van der Waals surface area contributed by atoms with Crippen molar-refractivity contribution in [1.82, 2.24) is 0 Å². The maximum absolute atomic E-state index is 5.78. The van der Waals surface area contributed by atoms with Gasteiger partial charge < -0.3 is 5.73 Å². The van der Waals surface area contributed by atoms with Gasteiger partial charge in [-0.2, -0.15) is 0 Å². The van der Waals surface area contributed by atoms with Crippen LogP contribution in [-0.4, -0.2) is 6.04 Å². The summed E-state index contributed by atoms with van der Waals surface area (Å²) in [6, 6.07) is 0.396. The Hall–Kier alpha value is -0.0400. The van der Waals surface area contributed by atoms with Crippen LogP contribution in [0.3, 0.4) is 0 Å². The number of hydrogen-bond acceptors (Lipinski definition) is 1. The summed E-state index contributed by atoms with van der Waals surface area (Å²) >= 11 is 0. The molecule has 1 fully saturated rings. The zero-order chi connectivity index (χ0) is 9.84. The van der Waals surface area contributed by atoms with E-state index >= 15 is 0 Å². The van der Waals surface area contributed by atoms with Gasteiger partial charge in [0.05, 0.1) is 0 Å². The first-order chi connectivity index (χ1) is 6.08. The molecule has 0 aromatic heterocycles. The maximum atomic E-state index is 5.78. The standard InChI is InChI=1S/C12H25N/c1-9-6-10(2)8-12(7-9)5-4-11(3)13/h9-12H,4-8,13H2,1-3H3. The second kappa shape index (κ2) is 4.99. The predicted molar refractivity (Wildman–Crippen MR) is 58.6 cm³/mol. The third kappa shape index (κ3) is 4.12. The molecule has 0 amide bonds. The Labute approximate surface area is 83.1 Å². The molecule has 1 aliphatic carbocycles. The van der Waals surface area contributed by atoms with E-state index in [1.807, 2.05) is 0 Å². The molecule has 0 spiro atoms. The molecule has 0 bridgehead atoms. The van der Waals surface area contributed by atoms with Crippen molar-refractivity contribution in [1.29, 1.82) is 0 Å². The molecule has 1 saturated carbocycles. The zero-order valence-corrected chi connectivity index (χ0v) is 9.42. The number of hydrogen-bond donors (Lipinski definition) is 1. The molecule has 0 saturated heterocycles. The van der Waals surface area contributed by atoms with Crippen molar-refractivity contribution in [3.63, 3.8) is 0 Å². The van der Waals surface area contributed by atoms with Crippen LogP contribution in [0.2, 0.25) is 0 Å². The molecule has 1 aliphatic rings. The Balaban J connectivity index is 2.25. The highest BCUT2D eigenvalue weighted by Crippen LogP contribution is 2.35. The van der Waals surface area contributed by atoms with Crippen LogP contribution in [0.25, 0.3) is 0 Å². The predicted octanol–water partition coefficient (Wildman–Crippen LogP) is 3.19. The van der Waals surface area contributed by atoms with Crippen molar-refractivity contribution in [2.45, 2.75) is 58.9 Å². The highest BCUT2D eigenvalue weighted by atomic mass is 14.6. The van der Waals surface area contributed by atoms with E-state index in [4.69, 9.17) is 5.73 Å². The summed E-state index contributed by atoms with van der Waals surface area (Å²) in [4.78, 5) is 0. The van der Waals surface area contributed by atoms with Crippen LogP contribution < -0.4 is 5.73 Å². The summed E-state index contributed by atoms with van der Waals surface area (Å²) in [6.45, 7) is 6.92. The normalized spacial score (nSPS) is 37.4. The van der Waals surface area contributed by atoms with Crippen LogP contribution in [-0.2, 0) is 0 Å². The van der Waals surface area contributed by atoms with Gasteiger partial charge in [0.25, 0.3) is 0 Å². The third-order valence-corrected chi connectivity index (χ3v) is 3.31. The summed E-state index contributed by atoms with van der Waals surface area (Å²) < 4.78 is 0. The average molecular weight is 183 g/mol. The van der Waals surface area contributed by atoms with Crippen LogP contribution in [0.4, 0.5) is 0 Å². The molecule has 3 atom stereocenters. The van der Waals surface area contributed by atoms with Crippen LogP contribution in [0.5, 0.6) is 0 Å². The van der Waals surface area contributed by atoms with E-state index in [2.05, 4.69) is 20.8 Å². The Bertz CT molecular complexity index is 132. The Morgan fingerprint density at radius 3 is 2.15 bits per heavy atom. The van der Waals surface area contributed by atoms with E-state index in [1.165, 1.54) is 32.1 Å². The van der Waals surface area contributed by atoms with Gasteiger partial charge in [-0.3, -0.25) is 0 Å². The monoisotopic (exact) mass is 183 g/mol. The van der Waals surface area contributed by atoms with E-state index in [9.17, 15) is 0 Å². The quantitative estimate of drug-likeness (QED) is 0.714. The van der Waals surface area contributed by atoms with Crippen molar-refractivity contribution in [2.75, 3.05) is 0 Å². The fourth-order valence-corrected chi connectivity index (χ4v) is 2.85. The lowest BCUT2D eigenvalue weighted by Crippen LogP contribution is -2.22. The second-order valence-corrected chi connectivity index (χ2v) is 5.34. The van der Waals surface area contributed by atoms with Gasteiger partial charge in [0.15, 0.2) is 0 Å². The van der Waals surface area contributed by atoms with Crippen molar-refractivity contribution >= 4 is 0 Å². The lowest BCUT2D eigenvalue weighted by Gasteiger charge is -2.31. The molecule has 13 heavy (non-hydrogen) atoms. The first-order valence-corrected chi connectivity index (χ1v) is 5.83. The zero-order valence-electron chi connectivity index (χ0n) is 9.42. The third-order valence-electron chi connectivity index (χ3n) is 3.31. The fourth-order valence-electron chi connectivity index (χ4n) is 2.85. The topological polar surface area (TPSA) is 26.0 Å². The molecule has 1 nitrogen and oxygen atoms in total. The van der Waals surface area contributed by atoms with E-state index in [0.29, 0.717) is 6.04 Å². The molecule has 2 N–H and O–H groups in total. The van der Waals surface area contributed by atoms with E-state index in [-0.39, 0.29) is 0 Å². The van der Waals surface area contributed by atoms with E-state index in [0.717, 1.165) is 17.8 Å². The molecule has 0 heterocycles. The van der Waals surface area contributed by atoms with Crippen molar-refractivity contribution in [2.24, 2.45) is 23.5 Å². The SMILES string of the molecule is CC(N)CCC1CC(C)CC(C)C1. The minimum Gasteiger partial charge on any atom is -0.328 e. The fraction of sp³-hybridized carbons (Fsp3) is 1.00. The van der Waals surface area contributed by atoms with Crippen molar-refractivity contribution < 1.29 is 0 Å². The first-order valence-electron chi connectivity index (χ1n) is 5.83. The Morgan fingerprint density at radius 1 is 1.15 bits per heavy atom. The number of rotatable bonds is 3. The Kier molecular flexibility index (Phi) is 4.24. The van der Waals surface area contributed by atoms with Crippen LogP contribution in [0, 0.1) is 17.8 Å². The van der Waals surface area contributed by atoms with Gasteiger partial charge in [-0.25, -0.2) is 0 Å². The Morgan fingerprint density at radius 2 is 1.69 bits per heavy atom. The number of nitrogens with two attached hydrogens (primary N) is 1. The maximum Gasteiger partial charge on any atom is 0.00105 e. The lowest BCUT2D eigenvalue weighted by molar-refractivity contribution is 0.205. The molecule has 78 valence electrons. The van der Waals surface area contributed by atoms with Crippen LogP contribution >= 0.6 is 0 Å². The molecule has 0 aliphatic heterocycles. The molecule has 1 heteroatoms. The summed E-state index contributed by atoms with van der Waals surface area (Å²) in [5.74, 6) is 2.86. The van der Waals surface area contributed by atoms with E-state index in [1.54, 1.807) is 0 Å². The molecular formula is C12H25N. The highest BCUT2D eigenvalue weighted by molar-refractivity contribution is 4.75. The molecule has 1 rings (SSSR count). The van der Waals surface area contributed by atoms with Crippen LogP contribution in [0.15, 0.2) is 0 Å². The minimum atomic E-state index is 0.396. The van der Waals surface area contributed by atoms with Crippen LogP contribution in [0.1, 0.15) is 52.9 Å². The van der Waals surface area contributed by atoms with Gasteiger partial charge in [-0.05, 0) is 56.8 Å². The average Bonchev–Trinajstić information content (AvgIpc) is 1.99. The largest absolute Gasteiger partial charge is 0.328 e. The van der Waals surface area contributed by atoms with Gasteiger partial charge in [0.1, 0.15) is 0 Å². The smallest absolute Gasteiger partial charge is 0.00105 e. The minimum absolute atomic E-state index is 0.396. The van der Waals surface area contributed by atoms with Gasteiger partial charge in [0.2, 0.25) is 0 Å². The summed E-state index contributed by atoms with van der Waals surface area (Å²) in [5, 5.41) is 0. The second-order valence-electron chi connectivity index (χ2n) is 5.34. The summed E-state index contributed by atoms with van der Waals surface area (Å²) in [5.41, 5.74) is 5.78. The first kappa shape index (κ1) is 11.0. The summed E-state index contributed by atoms with van der Waals surface area (Å²) in [6.07, 6.45) is 6.89. The molecule has 0 radical (unpaired) electrons. The molecular weight excluding hydrogens is 158 g/mol. The van der Waals surface area contributed by atoms with E-state index < -0.39 is 0 Å². The van der Waals surface area contributed by atoms with Gasteiger partial charge in [-0.15, -0.1) is 0 Å². The van der Waals surface area contributed by atoms with Gasteiger partial charge in [0, 0.05) is 6.04 Å². The molecule has 0 aromatic carbocycles. The van der Waals surface area contributed by atoms with Gasteiger partial charge in [-0.1, -0.05) is 13.8 Å². The molecule has 0 aromatic rings. The lowest BCUT2D eigenvalue weighted by atomic mass is 9.75. The van der Waals surface area contributed by atoms with Crippen molar-refractivity contribution in [3.05, 3.63) is 0 Å².